The average Bonchev–Trinajstić information content (AvgIpc) is 2.78. The fraction of sp³-hybridized carbons (Fsp3) is 0.280. The largest absolute Gasteiger partial charge is 0.478 e. The maximum Gasteiger partial charge on any atom is 0.347 e. The zero-order valence-corrected chi connectivity index (χ0v) is 17.7. The van der Waals surface area contributed by atoms with E-state index in [2.05, 4.69) is 4.90 Å². The lowest BCUT2D eigenvalue weighted by Gasteiger charge is -2.36. The topological polar surface area (TPSA) is 70.1 Å². The summed E-state index contributed by atoms with van der Waals surface area (Å²) in [6, 6.07) is 21.2. The van der Waals surface area contributed by atoms with Crippen molar-refractivity contribution in [2.45, 2.75) is 19.4 Å². The van der Waals surface area contributed by atoms with Crippen molar-refractivity contribution in [2.75, 3.05) is 31.1 Å². The van der Waals surface area contributed by atoms with E-state index < -0.39 is 11.6 Å². The minimum absolute atomic E-state index is 0.0525. The van der Waals surface area contributed by atoms with E-state index in [1.54, 1.807) is 6.07 Å². The molecular weight excluding hydrogens is 392 g/mol. The number of amides is 1. The van der Waals surface area contributed by atoms with Crippen LogP contribution in [0.2, 0.25) is 0 Å². The van der Waals surface area contributed by atoms with E-state index in [0.717, 1.165) is 22.0 Å². The second-order valence-corrected chi connectivity index (χ2v) is 8.22. The van der Waals surface area contributed by atoms with Gasteiger partial charge < -0.3 is 19.6 Å². The van der Waals surface area contributed by atoms with Gasteiger partial charge in [0.1, 0.15) is 5.75 Å². The van der Waals surface area contributed by atoms with Gasteiger partial charge in [-0.1, -0.05) is 42.5 Å². The molecule has 0 bridgehead atoms. The summed E-state index contributed by atoms with van der Waals surface area (Å²) in [5, 5.41) is 11.3. The molecule has 0 saturated carbocycles. The first-order valence-electron chi connectivity index (χ1n) is 10.4. The number of hydrogen-bond donors (Lipinski definition) is 1. The quantitative estimate of drug-likeness (QED) is 0.677. The van der Waals surface area contributed by atoms with Crippen molar-refractivity contribution in [3.05, 3.63) is 72.3 Å². The van der Waals surface area contributed by atoms with Gasteiger partial charge in [-0.15, -0.1) is 0 Å². The van der Waals surface area contributed by atoms with E-state index in [-0.39, 0.29) is 5.91 Å². The third kappa shape index (κ3) is 4.33. The van der Waals surface area contributed by atoms with Crippen LogP contribution < -0.4 is 9.64 Å². The highest BCUT2D eigenvalue weighted by molar-refractivity contribution is 6.07. The Labute approximate surface area is 181 Å². The molecule has 6 nitrogen and oxygen atoms in total. The number of nitrogens with zero attached hydrogens (tertiary/aromatic N) is 2. The van der Waals surface area contributed by atoms with Crippen LogP contribution in [0.15, 0.2) is 66.7 Å². The fourth-order valence-electron chi connectivity index (χ4n) is 3.83. The highest BCUT2D eigenvalue weighted by atomic mass is 16.5. The number of piperazine rings is 1. The third-order valence-corrected chi connectivity index (χ3v) is 5.66. The van der Waals surface area contributed by atoms with Crippen LogP contribution in [-0.2, 0) is 4.79 Å². The predicted octanol–water partition coefficient (Wildman–Crippen LogP) is 4.04. The minimum Gasteiger partial charge on any atom is -0.478 e. The van der Waals surface area contributed by atoms with Crippen molar-refractivity contribution in [1.82, 2.24) is 4.90 Å². The van der Waals surface area contributed by atoms with Crippen LogP contribution in [0.1, 0.15) is 24.2 Å². The summed E-state index contributed by atoms with van der Waals surface area (Å²) in [5.41, 5.74) is 0.385. The zero-order chi connectivity index (χ0) is 22.0. The van der Waals surface area contributed by atoms with Gasteiger partial charge in [0.15, 0.2) is 5.60 Å². The molecule has 1 amide bonds. The average molecular weight is 418 g/mol. The number of fused-ring (bicyclic) bond motifs is 1. The third-order valence-electron chi connectivity index (χ3n) is 5.66. The summed E-state index contributed by atoms with van der Waals surface area (Å²) in [6.07, 6.45) is 0. The molecule has 1 N–H and O–H groups in total. The van der Waals surface area contributed by atoms with E-state index in [0.29, 0.717) is 31.9 Å². The summed E-state index contributed by atoms with van der Waals surface area (Å²) < 4.78 is 5.66. The predicted molar refractivity (Wildman–Crippen MR) is 121 cm³/mol. The van der Waals surface area contributed by atoms with Crippen LogP contribution in [-0.4, -0.2) is 53.7 Å². The molecule has 0 unspecified atom stereocenters. The molecule has 1 fully saturated rings. The number of anilines is 1. The molecule has 1 saturated heterocycles. The molecule has 3 aromatic carbocycles. The fourth-order valence-corrected chi connectivity index (χ4v) is 3.83. The Balaban J connectivity index is 1.45. The van der Waals surface area contributed by atoms with Gasteiger partial charge in [-0.2, -0.15) is 0 Å². The van der Waals surface area contributed by atoms with E-state index in [1.807, 2.05) is 65.6 Å². The zero-order valence-electron chi connectivity index (χ0n) is 17.7. The number of rotatable bonds is 5. The lowest BCUT2D eigenvalue weighted by molar-refractivity contribution is -0.152. The van der Waals surface area contributed by atoms with E-state index in [9.17, 15) is 14.7 Å². The van der Waals surface area contributed by atoms with Gasteiger partial charge in [-0.3, -0.25) is 4.79 Å². The lowest BCUT2D eigenvalue weighted by Crippen LogP contribution is -2.48. The first kappa shape index (κ1) is 20.7. The second-order valence-electron chi connectivity index (χ2n) is 8.22. The van der Waals surface area contributed by atoms with E-state index in [4.69, 9.17) is 4.74 Å². The molecule has 0 aromatic heterocycles. The first-order chi connectivity index (χ1) is 14.8. The van der Waals surface area contributed by atoms with Crippen LogP contribution in [0.25, 0.3) is 10.8 Å². The molecule has 0 radical (unpaired) electrons. The summed E-state index contributed by atoms with van der Waals surface area (Å²) in [7, 11) is 0. The number of benzene rings is 3. The molecule has 0 spiro atoms. The van der Waals surface area contributed by atoms with Crippen LogP contribution in [0.3, 0.4) is 0 Å². The maximum atomic E-state index is 13.2. The number of hydrogen-bond acceptors (Lipinski definition) is 4. The van der Waals surface area contributed by atoms with Gasteiger partial charge in [0.2, 0.25) is 0 Å². The first-order valence-corrected chi connectivity index (χ1v) is 10.4. The van der Waals surface area contributed by atoms with Crippen molar-refractivity contribution in [3.8, 4) is 5.75 Å². The standard InChI is InChI=1S/C25H26N2O4/c1-25(2,24(29)30)31-20-10-6-9-19(17-20)26-13-15-27(16-14-26)23(28)22-12-5-8-18-7-3-4-11-21(18)22/h3-12,17H,13-16H2,1-2H3,(H,29,30). The number of carboxylic acids is 1. The Bertz CT molecular complexity index is 1110. The Morgan fingerprint density at radius 2 is 1.58 bits per heavy atom. The van der Waals surface area contributed by atoms with Crippen LogP contribution >= 0.6 is 0 Å². The Morgan fingerprint density at radius 3 is 2.32 bits per heavy atom. The Hall–Kier alpha value is -3.54. The normalized spacial score (nSPS) is 14.5. The Kier molecular flexibility index (Phi) is 5.55. The molecule has 160 valence electrons. The molecule has 4 rings (SSSR count). The van der Waals surface area contributed by atoms with Gasteiger partial charge >= 0.3 is 5.97 Å². The summed E-state index contributed by atoms with van der Waals surface area (Å²) in [6.45, 7) is 5.69. The van der Waals surface area contributed by atoms with Crippen LogP contribution in [0, 0.1) is 0 Å². The lowest BCUT2D eigenvalue weighted by atomic mass is 10.0. The van der Waals surface area contributed by atoms with Crippen molar-refractivity contribution >= 4 is 28.3 Å². The number of carbonyl (C=O) groups is 2. The molecule has 0 aliphatic carbocycles. The van der Waals surface area contributed by atoms with Gasteiger partial charge in [0.05, 0.1) is 0 Å². The Morgan fingerprint density at radius 1 is 0.903 bits per heavy atom. The highest BCUT2D eigenvalue weighted by Crippen LogP contribution is 2.26. The second kappa shape index (κ2) is 8.30. The summed E-state index contributed by atoms with van der Waals surface area (Å²) >= 11 is 0. The molecule has 0 atom stereocenters. The van der Waals surface area contributed by atoms with Gasteiger partial charge in [0, 0.05) is 43.5 Å². The molecule has 1 aliphatic rings. The van der Waals surface area contributed by atoms with Gasteiger partial charge in [-0.05, 0) is 42.8 Å². The van der Waals surface area contributed by atoms with Crippen molar-refractivity contribution in [3.63, 3.8) is 0 Å². The molecule has 1 aliphatic heterocycles. The minimum atomic E-state index is -1.30. The van der Waals surface area contributed by atoms with Crippen molar-refractivity contribution < 1.29 is 19.4 Å². The smallest absolute Gasteiger partial charge is 0.347 e. The number of carboxylic acid groups (broad SMARTS) is 1. The van der Waals surface area contributed by atoms with E-state index in [1.165, 1.54) is 13.8 Å². The van der Waals surface area contributed by atoms with Crippen LogP contribution in [0.4, 0.5) is 5.69 Å². The molecule has 31 heavy (non-hydrogen) atoms. The molecule has 1 heterocycles. The summed E-state index contributed by atoms with van der Waals surface area (Å²) in [4.78, 5) is 28.6. The number of ether oxygens (including phenoxy) is 1. The van der Waals surface area contributed by atoms with E-state index >= 15 is 0 Å². The maximum absolute atomic E-state index is 13.2. The number of carbonyl (C=O) groups excluding carboxylic acids is 1. The van der Waals surface area contributed by atoms with Crippen molar-refractivity contribution in [1.29, 1.82) is 0 Å². The van der Waals surface area contributed by atoms with Gasteiger partial charge in [0.25, 0.3) is 5.91 Å². The van der Waals surface area contributed by atoms with Gasteiger partial charge in [-0.25, -0.2) is 4.79 Å². The molecule has 6 heteroatoms. The SMILES string of the molecule is CC(C)(Oc1cccc(N2CCN(C(=O)c3cccc4ccccc34)CC2)c1)C(=O)O. The summed E-state index contributed by atoms with van der Waals surface area (Å²) in [5.74, 6) is -0.450. The molecular formula is C25H26N2O4. The van der Waals surface area contributed by atoms with Crippen molar-refractivity contribution in [2.24, 2.45) is 0 Å². The molecule has 3 aromatic rings. The number of aliphatic carboxylic acids is 1. The van der Waals surface area contributed by atoms with Crippen LogP contribution in [0.5, 0.6) is 5.75 Å². The highest BCUT2D eigenvalue weighted by Gasteiger charge is 2.30. The monoisotopic (exact) mass is 418 g/mol.